The minimum absolute atomic E-state index is 0. The van der Waals surface area contributed by atoms with Gasteiger partial charge in [-0.15, -0.1) is 13.2 Å². The molecule has 0 fully saturated rings. The zero-order valence-corrected chi connectivity index (χ0v) is 68.5. The van der Waals surface area contributed by atoms with Crippen LogP contribution in [0.25, 0.3) is 11.1 Å². The van der Waals surface area contributed by atoms with E-state index in [0.717, 1.165) is 6.08 Å². The molecule has 29 nitrogen and oxygen atoms in total. The van der Waals surface area contributed by atoms with Crippen molar-refractivity contribution in [3.8, 4) is 5.75 Å². The third-order valence-corrected chi connectivity index (χ3v) is 15.9. The van der Waals surface area contributed by atoms with Gasteiger partial charge >= 0.3 is 91.2 Å². The maximum Gasteiger partial charge on any atom is 1.00 e. The molecule has 104 heavy (non-hydrogen) atoms. The van der Waals surface area contributed by atoms with Gasteiger partial charge in [-0.05, 0) is 146 Å². The van der Waals surface area contributed by atoms with Crippen LogP contribution in [0.15, 0.2) is 135 Å². The number of halogens is 6. The van der Waals surface area contributed by atoms with E-state index < -0.39 is 116 Å². The molecule has 10 N–H and O–H groups in total. The molecule has 568 valence electrons. The molecule has 4 amide bonds. The van der Waals surface area contributed by atoms with Crippen LogP contribution in [0.1, 0.15) is 81.6 Å². The Balaban J connectivity index is 0. The normalized spacial score (nSPS) is 26.6. The Kier molecular flexibility index (Phi) is 45.5. The zero-order valence-electron chi connectivity index (χ0n) is 61.0. The number of carbonyl (C=O) groups is 8. The number of aromatic hydroxyl groups is 1. The molecule has 1 aromatic carbocycles. The summed E-state index contributed by atoms with van der Waals surface area (Å²) in [4.78, 5) is 111. The molecule has 37 heteroatoms. The minimum atomic E-state index is -2.24. The number of benzene rings is 1. The number of amides is 4. The first kappa shape index (κ1) is 98.5. The van der Waals surface area contributed by atoms with Crippen molar-refractivity contribution in [3.63, 3.8) is 0 Å². The fourth-order valence-electron chi connectivity index (χ4n) is 10.7. The van der Waals surface area contributed by atoms with Crippen molar-refractivity contribution in [2.45, 2.75) is 144 Å². The van der Waals surface area contributed by atoms with Gasteiger partial charge < -0.3 is 96.6 Å². The first-order valence-electron chi connectivity index (χ1n) is 30.9. The summed E-state index contributed by atoms with van der Waals surface area (Å²) in [5.41, 5.74) is 13.7. The number of aliphatic hydroxyl groups is 2. The van der Waals surface area contributed by atoms with Gasteiger partial charge in [0.05, 0.1) is 47.0 Å². The van der Waals surface area contributed by atoms with E-state index in [-0.39, 0.29) is 150 Å². The number of nitrogens with one attached hydrogen (secondary N) is 3. The van der Waals surface area contributed by atoms with Crippen molar-refractivity contribution in [1.29, 1.82) is 0 Å². The summed E-state index contributed by atoms with van der Waals surface area (Å²) in [6, 6.07) is 1.41. The number of nitrogens with zero attached hydrogens (tertiary/aromatic N) is 1. The zero-order chi connectivity index (χ0) is 77.7. The largest absolute Gasteiger partial charge is 1.00 e. The molecule has 0 saturated heterocycles. The summed E-state index contributed by atoms with van der Waals surface area (Å²) in [7, 11) is 5.86. The first-order chi connectivity index (χ1) is 47.7. The van der Waals surface area contributed by atoms with Crippen molar-refractivity contribution in [3.05, 3.63) is 141 Å². The Morgan fingerprint density at radius 2 is 1.18 bits per heavy atom. The maximum absolute atomic E-state index is 13.5. The number of carbonyl (C=O) groups excluding carboxylic acids is 8. The molecule has 0 radical (unpaired) electrons. The van der Waals surface area contributed by atoms with E-state index in [2.05, 4.69) is 43.5 Å². The number of hydrogen-bond donors (Lipinski definition) is 8. The van der Waals surface area contributed by atoms with Crippen molar-refractivity contribution in [2.24, 2.45) is 35.1 Å². The molecular weight excluding hydrogens is 1520 g/mol. The van der Waals surface area contributed by atoms with Gasteiger partial charge in [-0.1, -0.05) is 88.5 Å². The van der Waals surface area contributed by atoms with Gasteiger partial charge in [0.25, 0.3) is 18.3 Å². The van der Waals surface area contributed by atoms with E-state index in [0.29, 0.717) is 35.1 Å². The molecule has 3 heterocycles. The number of anilines is 1. The van der Waals surface area contributed by atoms with Crippen LogP contribution in [0.3, 0.4) is 0 Å². The van der Waals surface area contributed by atoms with Crippen molar-refractivity contribution in [1.82, 2.24) is 15.2 Å². The van der Waals surface area contributed by atoms with E-state index in [1.54, 1.807) is 83.2 Å². The number of phenols is 1. The number of ketones is 2. The first-order valence-corrected chi connectivity index (χ1v) is 33.2. The molecule has 5 rings (SSSR count). The van der Waals surface area contributed by atoms with Gasteiger partial charge in [0.2, 0.25) is 11.6 Å². The third kappa shape index (κ3) is 32.5. The number of ether oxygens (including phenoxy) is 8. The molecular formula is C67H88Cl6N6Na2O23. The van der Waals surface area contributed by atoms with E-state index in [4.69, 9.17) is 124 Å². The van der Waals surface area contributed by atoms with Crippen LogP contribution in [0, 0.1) is 23.7 Å². The SMILES string of the molecule is C=CCNC1=C2C[C@@H](C)C[C@H](OC)[C@H](O)[C@@H](C)/C=C(\C)[C@H](OC(N)=O)[C@@H](OC)/C=C\C=C(/C)C(=O)NC(=CC1=O)C2=O.C=CCn1c(=O)oc2cc3c(O)c(c21)C[C@@H](C)C[C@H](OC)[C@H](O)[C@@H](C)/C=C(\C)[C@H](OC(N)=O)[C@@H](OC)/C=C\C=C(/C)C(=O)N3.O=C(OC(Cl)(Cl)Cl)OC(Cl)(Cl)Cl.O=CO[O-].[H-].[Na+].[Na+]. The number of nitrogens with two attached hydrogens (primary N) is 2. The number of Topliss-reactive ketones (excluding diaryl/α,β-unsaturated/α-hetero) is 1. The molecule has 12 atom stereocenters. The number of aromatic nitrogens is 1. The third-order valence-electron chi connectivity index (χ3n) is 15.4. The van der Waals surface area contributed by atoms with Crippen LogP contribution < -0.4 is 97.5 Å². The Morgan fingerprint density at radius 3 is 1.58 bits per heavy atom. The summed E-state index contributed by atoms with van der Waals surface area (Å²) < 4.78 is 43.6. The number of methoxy groups -OCH3 is 4. The maximum atomic E-state index is 13.5. The molecule has 0 spiro atoms. The molecule has 3 aliphatic rings. The number of oxazole rings is 1. The molecule has 0 unspecified atom stereocenters. The quantitative estimate of drug-likeness (QED) is 0.0145. The average Bonchev–Trinajstić information content (AvgIpc) is 1.65. The molecule has 4 bridgehead atoms. The van der Waals surface area contributed by atoms with Crippen molar-refractivity contribution >= 4 is 135 Å². The van der Waals surface area contributed by atoms with Crippen LogP contribution in [-0.2, 0) is 79.7 Å². The van der Waals surface area contributed by atoms with E-state index >= 15 is 0 Å². The molecule has 0 saturated carbocycles. The summed E-state index contributed by atoms with van der Waals surface area (Å²) in [6.07, 6.45) is 8.36. The number of primary amides is 2. The number of alkyl halides is 6. The summed E-state index contributed by atoms with van der Waals surface area (Å²) in [5.74, 6) is -4.10. The Hall–Kier alpha value is -5.49. The number of fused-ring (bicyclic) bond motifs is 6. The van der Waals surface area contributed by atoms with Crippen LogP contribution in [0.5, 0.6) is 5.75 Å². The fourth-order valence-corrected chi connectivity index (χ4v) is 11.0. The van der Waals surface area contributed by atoms with Crippen LogP contribution >= 0.6 is 69.6 Å². The Bertz CT molecular complexity index is 3610. The predicted octanol–water partition coefficient (Wildman–Crippen LogP) is 2.83. The van der Waals surface area contributed by atoms with Gasteiger partial charge in [0.15, 0.2) is 17.8 Å². The molecule has 1 aromatic heterocycles. The number of rotatable bonds is 12. The topological polar surface area (TPSA) is 427 Å². The number of hydrogen-bond acceptors (Lipinski definition) is 24. The van der Waals surface area contributed by atoms with Gasteiger partial charge in [0, 0.05) is 87.8 Å². The van der Waals surface area contributed by atoms with Crippen molar-refractivity contribution < 1.29 is 167 Å². The van der Waals surface area contributed by atoms with E-state index in [9.17, 15) is 53.7 Å². The minimum Gasteiger partial charge on any atom is -1.00 e. The smallest absolute Gasteiger partial charge is 1.00 e. The number of aliphatic hydroxyl groups excluding tert-OH is 2. The second kappa shape index (κ2) is 48.0. The van der Waals surface area contributed by atoms with Crippen LogP contribution in [-0.4, -0.2) is 160 Å². The predicted molar refractivity (Wildman–Crippen MR) is 380 cm³/mol. The van der Waals surface area contributed by atoms with Crippen LogP contribution in [0.4, 0.5) is 20.1 Å². The second-order valence-electron chi connectivity index (χ2n) is 23.3. The van der Waals surface area contributed by atoms with Gasteiger partial charge in [-0.25, -0.2) is 19.2 Å². The number of allylic oxidation sites excluding steroid dienone is 7. The average molecular weight is 1600 g/mol. The van der Waals surface area contributed by atoms with Crippen LogP contribution in [0.2, 0.25) is 0 Å². The summed E-state index contributed by atoms with van der Waals surface area (Å²) in [6.45, 7) is 21.7. The van der Waals surface area contributed by atoms with Gasteiger partial charge in [-0.3, -0.25) is 28.5 Å². The monoisotopic (exact) mass is 1600 g/mol. The molecule has 2 aliphatic heterocycles. The molecule has 2 aromatic rings. The Labute approximate surface area is 677 Å². The fraction of sp³-hybridized carbons (Fsp3) is 0.478. The number of phenolic OH excluding ortho intramolecular Hbond substituents is 1. The van der Waals surface area contributed by atoms with E-state index in [1.165, 1.54) is 51.2 Å². The Morgan fingerprint density at radius 1 is 0.740 bits per heavy atom. The van der Waals surface area contributed by atoms with Gasteiger partial charge in [0.1, 0.15) is 18.0 Å². The standard InChI is InChI=1S/C32H43N3O9.C31H43N3O8.C3Cl6O3.CH2O3.2Na.H/c1-8-12-35-26-21-13-17(2)14-25(42-7)27(36)19(4)15-20(5)29(44-31(33)39)23(41-6)11-9-10-18(3)30(38)34-22(28(21)37)16-24(26)43-32(35)40;1-8-12-33-26-21-13-17(2)14-25(41-7)27(36)19(4)15-20(5)29(42-31(32)39)24(40-6)11-9-10-18(3)30(38)34-22(28(21)37)16-23(26)35;4-2(5,6)11-1(10)12-3(7,8)9;2-1-4-3;;;/h8-11,15-17,19,23,25,27,29,36-37H,1,12-14H2,2-7H3,(H2,33,39)(H,34,38);8-11,15-17,19,24-25,27,29,33,36H,1,12-14H2,2-7H3,(H2,32,39)(H,34,38);;1,3H;;;/q;;;;2*+1;-1/p-1/b2*11-9-,18-10+,20-15+;;;;;/t17-,19+,23+,25+,27-,29+;17-,19+,24+,25+,27-,29+;;;;;/m11...../s1. The summed E-state index contributed by atoms with van der Waals surface area (Å²) in [5, 5.41) is 50.6. The molecule has 1 aliphatic carbocycles. The van der Waals surface area contributed by atoms with Gasteiger partial charge in [-0.2, -0.15) is 0 Å². The summed E-state index contributed by atoms with van der Waals surface area (Å²) >= 11 is 30.2. The van der Waals surface area contributed by atoms with E-state index in [1.807, 2.05) is 20.8 Å². The van der Waals surface area contributed by atoms with Crippen molar-refractivity contribution in [2.75, 3.05) is 40.3 Å². The second-order valence-corrected chi connectivity index (χ2v) is 27.7.